The summed E-state index contributed by atoms with van der Waals surface area (Å²) in [5, 5.41) is 0.809. The van der Waals surface area contributed by atoms with E-state index in [-0.39, 0.29) is 0 Å². The zero-order valence-corrected chi connectivity index (χ0v) is 9.43. The Balaban J connectivity index is 2.39. The van der Waals surface area contributed by atoms with E-state index in [9.17, 15) is 0 Å². The molecule has 14 heavy (non-hydrogen) atoms. The second kappa shape index (κ2) is 6.05. The normalized spacial score (nSPS) is 12.8. The predicted molar refractivity (Wildman–Crippen MR) is 62.6 cm³/mol. The van der Waals surface area contributed by atoms with Gasteiger partial charge in [0, 0.05) is 5.02 Å². The van der Waals surface area contributed by atoms with Gasteiger partial charge in [0.2, 0.25) is 0 Å². The summed E-state index contributed by atoms with van der Waals surface area (Å²) < 4.78 is 0. The van der Waals surface area contributed by atoms with Gasteiger partial charge in [0.15, 0.2) is 0 Å². The van der Waals surface area contributed by atoms with Crippen LogP contribution in [-0.4, -0.2) is 6.54 Å². The van der Waals surface area contributed by atoms with Crippen molar-refractivity contribution in [2.45, 2.75) is 26.2 Å². The lowest BCUT2D eigenvalue weighted by Crippen LogP contribution is -2.04. The molecule has 1 atom stereocenters. The molecule has 0 aliphatic rings. The molecule has 1 aromatic carbocycles. The van der Waals surface area contributed by atoms with Crippen molar-refractivity contribution < 1.29 is 0 Å². The SMILES string of the molecule is CC(CCCN)Cc1ccc(Cl)cc1. The van der Waals surface area contributed by atoms with E-state index in [0.717, 1.165) is 24.4 Å². The summed E-state index contributed by atoms with van der Waals surface area (Å²) in [6.07, 6.45) is 3.45. The Morgan fingerprint density at radius 1 is 1.29 bits per heavy atom. The van der Waals surface area contributed by atoms with E-state index in [1.54, 1.807) is 0 Å². The molecule has 2 heteroatoms. The molecule has 0 aliphatic carbocycles. The van der Waals surface area contributed by atoms with Crippen LogP contribution in [0.25, 0.3) is 0 Å². The first-order chi connectivity index (χ1) is 6.72. The fourth-order valence-electron chi connectivity index (χ4n) is 1.59. The Morgan fingerprint density at radius 2 is 1.93 bits per heavy atom. The third-order valence-electron chi connectivity index (χ3n) is 2.40. The van der Waals surface area contributed by atoms with E-state index in [4.69, 9.17) is 17.3 Å². The van der Waals surface area contributed by atoms with E-state index < -0.39 is 0 Å². The number of benzene rings is 1. The average Bonchev–Trinajstić information content (AvgIpc) is 2.18. The van der Waals surface area contributed by atoms with Crippen LogP contribution in [-0.2, 0) is 6.42 Å². The van der Waals surface area contributed by atoms with Crippen LogP contribution in [0.15, 0.2) is 24.3 Å². The molecule has 0 aliphatic heterocycles. The first kappa shape index (κ1) is 11.5. The minimum Gasteiger partial charge on any atom is -0.330 e. The highest BCUT2D eigenvalue weighted by Crippen LogP contribution is 2.15. The Morgan fingerprint density at radius 3 is 2.50 bits per heavy atom. The van der Waals surface area contributed by atoms with Gasteiger partial charge >= 0.3 is 0 Å². The van der Waals surface area contributed by atoms with Crippen molar-refractivity contribution in [2.24, 2.45) is 11.7 Å². The van der Waals surface area contributed by atoms with Gasteiger partial charge in [-0.2, -0.15) is 0 Å². The topological polar surface area (TPSA) is 26.0 Å². The van der Waals surface area contributed by atoms with Crippen molar-refractivity contribution in [1.82, 2.24) is 0 Å². The molecular weight excluding hydrogens is 194 g/mol. The summed E-state index contributed by atoms with van der Waals surface area (Å²) in [4.78, 5) is 0. The lowest BCUT2D eigenvalue weighted by molar-refractivity contribution is 0.512. The molecule has 0 radical (unpaired) electrons. The van der Waals surface area contributed by atoms with Gasteiger partial charge in [-0.15, -0.1) is 0 Å². The maximum Gasteiger partial charge on any atom is 0.0406 e. The van der Waals surface area contributed by atoms with Crippen molar-refractivity contribution in [3.05, 3.63) is 34.9 Å². The molecule has 2 N–H and O–H groups in total. The molecule has 0 fully saturated rings. The highest BCUT2D eigenvalue weighted by Gasteiger charge is 2.02. The second-order valence-corrected chi connectivity index (χ2v) is 4.30. The summed E-state index contributed by atoms with van der Waals surface area (Å²) >= 11 is 5.82. The molecule has 0 spiro atoms. The Kier molecular flexibility index (Phi) is 4.99. The smallest absolute Gasteiger partial charge is 0.0406 e. The molecule has 0 heterocycles. The van der Waals surface area contributed by atoms with Crippen LogP contribution < -0.4 is 5.73 Å². The molecule has 0 bridgehead atoms. The fraction of sp³-hybridized carbons (Fsp3) is 0.500. The number of hydrogen-bond donors (Lipinski definition) is 1. The van der Waals surface area contributed by atoms with Crippen LogP contribution in [0, 0.1) is 5.92 Å². The maximum absolute atomic E-state index is 5.82. The van der Waals surface area contributed by atoms with Crippen molar-refractivity contribution >= 4 is 11.6 Å². The van der Waals surface area contributed by atoms with Crippen LogP contribution in [0.4, 0.5) is 0 Å². The molecule has 1 rings (SSSR count). The number of nitrogens with two attached hydrogens (primary N) is 1. The first-order valence-electron chi connectivity index (χ1n) is 5.17. The van der Waals surface area contributed by atoms with Crippen LogP contribution >= 0.6 is 11.6 Å². The first-order valence-corrected chi connectivity index (χ1v) is 5.54. The zero-order chi connectivity index (χ0) is 10.4. The van der Waals surface area contributed by atoms with E-state index in [1.165, 1.54) is 12.0 Å². The molecule has 0 aromatic heterocycles. The van der Waals surface area contributed by atoms with Gasteiger partial charge in [-0.25, -0.2) is 0 Å². The van der Waals surface area contributed by atoms with Gasteiger partial charge in [-0.3, -0.25) is 0 Å². The van der Waals surface area contributed by atoms with Gasteiger partial charge in [0.05, 0.1) is 0 Å². The van der Waals surface area contributed by atoms with E-state index in [1.807, 2.05) is 12.1 Å². The van der Waals surface area contributed by atoms with E-state index in [2.05, 4.69) is 19.1 Å². The lowest BCUT2D eigenvalue weighted by Gasteiger charge is -2.10. The third-order valence-corrected chi connectivity index (χ3v) is 2.65. The Labute approximate surface area is 91.3 Å². The molecule has 1 nitrogen and oxygen atoms in total. The van der Waals surface area contributed by atoms with Crippen molar-refractivity contribution in [1.29, 1.82) is 0 Å². The van der Waals surface area contributed by atoms with E-state index in [0.29, 0.717) is 5.92 Å². The van der Waals surface area contributed by atoms with Crippen molar-refractivity contribution in [3.8, 4) is 0 Å². The predicted octanol–water partition coefficient (Wildman–Crippen LogP) is 3.26. The lowest BCUT2D eigenvalue weighted by atomic mass is 9.97. The highest BCUT2D eigenvalue weighted by molar-refractivity contribution is 6.30. The zero-order valence-electron chi connectivity index (χ0n) is 8.67. The standard InChI is InChI=1S/C12H18ClN/c1-10(3-2-8-14)9-11-4-6-12(13)7-5-11/h4-7,10H,2-3,8-9,14H2,1H3. The molecule has 0 amide bonds. The quantitative estimate of drug-likeness (QED) is 0.795. The van der Waals surface area contributed by atoms with Gasteiger partial charge in [-0.1, -0.05) is 30.7 Å². The number of rotatable bonds is 5. The summed E-state index contributed by atoms with van der Waals surface area (Å²) in [7, 11) is 0. The van der Waals surface area contributed by atoms with Gasteiger partial charge in [0.25, 0.3) is 0 Å². The van der Waals surface area contributed by atoms with Crippen LogP contribution in [0.2, 0.25) is 5.02 Å². The Hall–Kier alpha value is -0.530. The van der Waals surface area contributed by atoms with Crippen LogP contribution in [0.3, 0.4) is 0 Å². The molecule has 0 saturated heterocycles. The number of halogens is 1. The van der Waals surface area contributed by atoms with Gasteiger partial charge in [-0.05, 0) is 49.4 Å². The molecule has 1 unspecified atom stereocenters. The van der Waals surface area contributed by atoms with Crippen LogP contribution in [0.5, 0.6) is 0 Å². The second-order valence-electron chi connectivity index (χ2n) is 3.87. The summed E-state index contributed by atoms with van der Waals surface area (Å²) in [5.74, 6) is 0.708. The summed E-state index contributed by atoms with van der Waals surface area (Å²) in [5.41, 5.74) is 6.83. The van der Waals surface area contributed by atoms with Gasteiger partial charge in [0.1, 0.15) is 0 Å². The minimum absolute atomic E-state index is 0.708. The fourth-order valence-corrected chi connectivity index (χ4v) is 1.72. The maximum atomic E-state index is 5.82. The molecular formula is C12H18ClN. The van der Waals surface area contributed by atoms with Crippen LogP contribution in [0.1, 0.15) is 25.3 Å². The largest absolute Gasteiger partial charge is 0.330 e. The number of hydrogen-bond acceptors (Lipinski definition) is 1. The highest BCUT2D eigenvalue weighted by atomic mass is 35.5. The molecule has 78 valence electrons. The Bertz CT molecular complexity index is 256. The van der Waals surface area contributed by atoms with E-state index >= 15 is 0 Å². The van der Waals surface area contributed by atoms with Crippen molar-refractivity contribution in [2.75, 3.05) is 6.54 Å². The average molecular weight is 212 g/mol. The summed E-state index contributed by atoms with van der Waals surface area (Å²) in [6.45, 7) is 3.06. The minimum atomic E-state index is 0.708. The van der Waals surface area contributed by atoms with Gasteiger partial charge < -0.3 is 5.73 Å². The molecule has 0 saturated carbocycles. The monoisotopic (exact) mass is 211 g/mol. The summed E-state index contributed by atoms with van der Waals surface area (Å²) in [6, 6.07) is 8.10. The third kappa shape index (κ3) is 4.12. The molecule has 1 aromatic rings. The van der Waals surface area contributed by atoms with Crippen molar-refractivity contribution in [3.63, 3.8) is 0 Å².